The fourth-order valence-electron chi connectivity index (χ4n) is 0.608. The van der Waals surface area contributed by atoms with Gasteiger partial charge in [-0.05, 0) is 0 Å². The van der Waals surface area contributed by atoms with Gasteiger partial charge in [-0.1, -0.05) is 0 Å². The van der Waals surface area contributed by atoms with Gasteiger partial charge in [-0.3, -0.25) is 0 Å². The molecule has 0 atom stereocenters. The van der Waals surface area contributed by atoms with E-state index in [1.807, 2.05) is 0 Å². The Labute approximate surface area is 68.4 Å². The zero-order valence-corrected chi connectivity index (χ0v) is 9.34. The molecule has 1 aliphatic rings. The Balaban J connectivity index is 2.58. The number of ether oxygens (including phenoxy) is 1. The van der Waals surface area contributed by atoms with Crippen LogP contribution in [0.25, 0.3) is 0 Å². The van der Waals surface area contributed by atoms with Crippen molar-refractivity contribution in [2.45, 2.75) is 5.66 Å². The molecule has 1 fully saturated rings. The maximum atomic E-state index is 5.89. The number of rotatable bonds is 1. The van der Waals surface area contributed by atoms with Gasteiger partial charge >= 0.3 is 68.5 Å². The summed E-state index contributed by atoms with van der Waals surface area (Å²) in [6, 6.07) is 0. The molecule has 0 amide bonds. The summed E-state index contributed by atoms with van der Waals surface area (Å²) >= 11 is 0.0711. The minimum absolute atomic E-state index is 0.0711. The van der Waals surface area contributed by atoms with Crippen LogP contribution in [0.4, 0.5) is 0 Å². The van der Waals surface area contributed by atoms with Crippen LogP contribution in [-0.4, -0.2) is 32.2 Å². The summed E-state index contributed by atoms with van der Waals surface area (Å²) < 4.78 is 4.42. The Morgan fingerprint density at radius 3 is 2.22 bits per heavy atom. The molecule has 0 spiro atoms. The number of hydrogen-bond acceptors (Lipinski definition) is 1. The predicted molar refractivity (Wildman–Crippen MR) is 39.2 cm³/mol. The minimum atomic E-state index is -0.690. The Hall–Kier alpha value is 1.42. The third kappa shape index (κ3) is 1.92. The van der Waals surface area contributed by atoms with Crippen LogP contribution in [0.3, 0.4) is 0 Å². The van der Waals surface area contributed by atoms with E-state index in [1.54, 1.807) is 0 Å². The fourth-order valence-corrected chi connectivity index (χ4v) is 5.50. The van der Waals surface area contributed by atoms with Crippen LogP contribution in [0.5, 0.6) is 0 Å². The van der Waals surface area contributed by atoms with Gasteiger partial charge in [0.15, 0.2) is 0 Å². The van der Waals surface area contributed by atoms with Crippen molar-refractivity contribution in [3.8, 4) is 0 Å². The second kappa shape index (κ2) is 3.21. The first kappa shape index (κ1) is 8.52. The van der Waals surface area contributed by atoms with Gasteiger partial charge in [-0.25, -0.2) is 0 Å². The fraction of sp³-hybridized carbons (Fsp3) is 1.00. The maximum absolute atomic E-state index is 5.89. The Kier molecular flexibility index (Phi) is 3.04. The topological polar surface area (TPSA) is 9.23 Å². The molecule has 0 N–H and O–H groups in total. The molecule has 4 heteroatoms. The molecule has 0 aromatic heterocycles. The standard InChI is InChI=1S/C5H11OP.Au.ClH/c1-7(2)5-3-6-4-5;;/h5H,3-4H2,1-2H3;;1H/q;+1;/p-1. The first-order valence-electron chi connectivity index (χ1n) is 2.80. The van der Waals surface area contributed by atoms with Crippen molar-refractivity contribution in [3.63, 3.8) is 0 Å². The van der Waals surface area contributed by atoms with E-state index in [0.717, 1.165) is 18.9 Å². The Morgan fingerprint density at radius 1 is 1.56 bits per heavy atom. The van der Waals surface area contributed by atoms with E-state index in [2.05, 4.69) is 13.3 Å². The van der Waals surface area contributed by atoms with Crippen molar-refractivity contribution in [2.24, 2.45) is 0 Å². The van der Waals surface area contributed by atoms with E-state index in [0.29, 0.717) is 0 Å². The number of hydrogen-bond donors (Lipinski definition) is 0. The summed E-state index contributed by atoms with van der Waals surface area (Å²) in [6.45, 7) is 6.64. The predicted octanol–water partition coefficient (Wildman–Crippen LogP) is 1.81. The second-order valence-electron chi connectivity index (χ2n) is 2.55. The molecule has 0 saturated carbocycles. The van der Waals surface area contributed by atoms with Gasteiger partial charge in [0, 0.05) is 0 Å². The summed E-state index contributed by atoms with van der Waals surface area (Å²) in [4.78, 5) is 0. The number of halogens is 1. The van der Waals surface area contributed by atoms with E-state index in [1.165, 1.54) is 0 Å². The van der Waals surface area contributed by atoms with E-state index in [-0.39, 0.29) is 17.6 Å². The normalized spacial score (nSPS) is 22.1. The van der Waals surface area contributed by atoms with Crippen LogP contribution in [0.1, 0.15) is 0 Å². The first-order chi connectivity index (χ1) is 4.17. The zero-order chi connectivity index (χ0) is 6.91. The molecule has 9 heavy (non-hydrogen) atoms. The summed E-state index contributed by atoms with van der Waals surface area (Å²) in [7, 11) is 5.89. The van der Waals surface area contributed by atoms with Crippen molar-refractivity contribution in [1.82, 2.24) is 0 Å². The van der Waals surface area contributed by atoms with Gasteiger partial charge in [-0.15, -0.1) is 0 Å². The van der Waals surface area contributed by atoms with E-state index in [9.17, 15) is 0 Å². The molecule has 1 aliphatic heterocycles. The Morgan fingerprint density at radius 2 is 2.11 bits per heavy atom. The SMILES string of the molecule is C[P](C)(=[Au][Cl])C1COC1. The van der Waals surface area contributed by atoms with Gasteiger partial charge < -0.3 is 0 Å². The molecule has 0 unspecified atom stereocenters. The van der Waals surface area contributed by atoms with Crippen LogP contribution >= 0.6 is 13.9 Å². The summed E-state index contributed by atoms with van der Waals surface area (Å²) in [5.41, 5.74) is 0.844. The third-order valence-electron chi connectivity index (χ3n) is 1.59. The van der Waals surface area contributed by atoms with Crippen LogP contribution in [-0.2, 0) is 22.4 Å². The quantitative estimate of drug-likeness (QED) is 0.518. The second-order valence-corrected chi connectivity index (χ2v) is 17.1. The Bertz CT molecular complexity index is 149. The molecule has 0 aromatic carbocycles. The molecule has 60 valence electrons. The van der Waals surface area contributed by atoms with Crippen LogP contribution in [0.2, 0.25) is 0 Å². The van der Waals surface area contributed by atoms with E-state index < -0.39 is 4.69 Å². The van der Waals surface area contributed by atoms with Crippen molar-refractivity contribution >= 4 is 13.9 Å². The molecule has 0 aliphatic carbocycles. The molecule has 0 aromatic rings. The summed E-state index contributed by atoms with van der Waals surface area (Å²) in [5.74, 6) is 0. The monoisotopic (exact) mass is 350 g/mol. The van der Waals surface area contributed by atoms with Gasteiger partial charge in [0.05, 0.1) is 0 Å². The first-order valence-corrected chi connectivity index (χ1v) is 11.0. The van der Waals surface area contributed by atoms with Crippen molar-refractivity contribution < 1.29 is 22.4 Å². The zero-order valence-electron chi connectivity index (χ0n) is 5.53. The summed E-state index contributed by atoms with van der Waals surface area (Å²) in [6.07, 6.45) is 0. The van der Waals surface area contributed by atoms with Gasteiger partial charge in [-0.2, -0.15) is 0 Å². The van der Waals surface area contributed by atoms with Gasteiger partial charge in [0.2, 0.25) is 0 Å². The molecule has 0 bridgehead atoms. The molecule has 1 rings (SSSR count). The van der Waals surface area contributed by atoms with Crippen LogP contribution < -0.4 is 0 Å². The van der Waals surface area contributed by atoms with Gasteiger partial charge in [0.25, 0.3) is 0 Å². The molecule has 1 heterocycles. The average Bonchev–Trinajstić information content (AvgIpc) is 1.60. The van der Waals surface area contributed by atoms with Crippen LogP contribution in [0.15, 0.2) is 0 Å². The van der Waals surface area contributed by atoms with Crippen molar-refractivity contribution in [1.29, 1.82) is 0 Å². The van der Waals surface area contributed by atoms with Crippen molar-refractivity contribution in [3.05, 3.63) is 0 Å². The van der Waals surface area contributed by atoms with Crippen LogP contribution in [0, 0.1) is 0 Å². The molecular weight excluding hydrogens is 339 g/mol. The third-order valence-corrected chi connectivity index (χ3v) is 15.5. The van der Waals surface area contributed by atoms with E-state index >= 15 is 0 Å². The van der Waals surface area contributed by atoms with Gasteiger partial charge in [0.1, 0.15) is 0 Å². The molecule has 1 saturated heterocycles. The molecular formula is C5H11AuClOP. The molecule has 0 radical (unpaired) electrons. The van der Waals surface area contributed by atoms with E-state index in [4.69, 9.17) is 13.9 Å². The molecule has 1 nitrogen and oxygen atoms in total. The summed E-state index contributed by atoms with van der Waals surface area (Å²) in [5, 5.41) is 0. The average molecular weight is 351 g/mol. The van der Waals surface area contributed by atoms with Crippen molar-refractivity contribution in [2.75, 3.05) is 26.5 Å².